The van der Waals surface area contributed by atoms with Gasteiger partial charge in [0.2, 0.25) is 0 Å². The van der Waals surface area contributed by atoms with E-state index in [-0.39, 0.29) is 5.41 Å². The van der Waals surface area contributed by atoms with Gasteiger partial charge in [0.25, 0.3) is 0 Å². The molecule has 0 N–H and O–H groups in total. The molecule has 0 saturated carbocycles. The van der Waals surface area contributed by atoms with E-state index in [1.54, 1.807) is 0 Å². The van der Waals surface area contributed by atoms with Gasteiger partial charge < -0.3 is 14.4 Å². The first-order valence-electron chi connectivity index (χ1n) is 20.2. The minimum Gasteiger partial charge on any atom is -0.310 e. The van der Waals surface area contributed by atoms with Crippen LogP contribution in [0.1, 0.15) is 25.0 Å². The molecule has 12 rings (SSSR count). The van der Waals surface area contributed by atoms with Crippen LogP contribution in [0.5, 0.6) is 0 Å². The van der Waals surface area contributed by atoms with Crippen molar-refractivity contribution in [2.75, 3.05) is 9.80 Å². The smallest absolute Gasteiger partial charge is 0.0542 e. The predicted molar refractivity (Wildman–Crippen MR) is 244 cm³/mol. The van der Waals surface area contributed by atoms with E-state index < -0.39 is 0 Å². The van der Waals surface area contributed by atoms with Crippen LogP contribution in [0.4, 0.5) is 34.1 Å². The molecule has 2 heterocycles. The first-order chi connectivity index (χ1) is 28.5. The second kappa shape index (κ2) is 12.3. The Labute approximate surface area is 338 Å². The monoisotopic (exact) mass is 741 g/mol. The summed E-state index contributed by atoms with van der Waals surface area (Å²) in [6.07, 6.45) is 0. The lowest BCUT2D eigenvalue weighted by molar-refractivity contribution is 0.660. The fourth-order valence-electron chi connectivity index (χ4n) is 9.84. The number of hydrogen-bond acceptors (Lipinski definition) is 2. The number of rotatable bonds is 3. The number of nitrogens with zero attached hydrogens (tertiary/aromatic N) is 3. The normalized spacial score (nSPS) is 13.8. The molecule has 0 saturated heterocycles. The van der Waals surface area contributed by atoms with Crippen LogP contribution in [-0.4, -0.2) is 4.57 Å². The van der Waals surface area contributed by atoms with Crippen LogP contribution in [0.2, 0.25) is 0 Å². The van der Waals surface area contributed by atoms with Crippen molar-refractivity contribution >= 4 is 66.7 Å². The highest BCUT2D eigenvalue weighted by atomic mass is 15.1. The van der Waals surface area contributed by atoms with Gasteiger partial charge >= 0.3 is 0 Å². The highest BCUT2D eigenvalue weighted by Crippen LogP contribution is 2.53. The number of fused-ring (bicyclic) bond motifs is 11. The Morgan fingerprint density at radius 1 is 0.328 bits per heavy atom. The SMILES string of the molecule is CC1(C)c2ccc3cc2-c2cc(ccc21)N(c1ccc2c(c1)c1ccccc1n2-c1ccccc1)c1cccc(c1)-c1cccc(c1)N3c1ccc2ccccc2c1. The lowest BCUT2D eigenvalue weighted by atomic mass is 9.82. The molecule has 1 aliphatic carbocycles. The maximum absolute atomic E-state index is 2.45. The summed E-state index contributed by atoms with van der Waals surface area (Å²) in [6, 6.07) is 74.2. The second-order valence-electron chi connectivity index (χ2n) is 16.3. The third-order valence-corrected chi connectivity index (χ3v) is 12.6. The summed E-state index contributed by atoms with van der Waals surface area (Å²) in [4.78, 5) is 4.87. The summed E-state index contributed by atoms with van der Waals surface area (Å²) in [5.74, 6) is 0. The van der Waals surface area contributed by atoms with Gasteiger partial charge in [0.15, 0.2) is 0 Å². The van der Waals surface area contributed by atoms with Crippen LogP contribution in [0, 0.1) is 0 Å². The molecule has 1 aliphatic heterocycles. The van der Waals surface area contributed by atoms with Crippen molar-refractivity contribution in [3.05, 3.63) is 211 Å². The fraction of sp³-hybridized carbons (Fsp3) is 0.0545. The van der Waals surface area contributed by atoms with Gasteiger partial charge in [0.05, 0.1) is 11.0 Å². The minimum absolute atomic E-state index is 0.147. The van der Waals surface area contributed by atoms with Crippen molar-refractivity contribution < 1.29 is 0 Å². The predicted octanol–water partition coefficient (Wildman–Crippen LogP) is 15.2. The molecule has 0 amide bonds. The Kier molecular flexibility index (Phi) is 6.98. The van der Waals surface area contributed by atoms with Gasteiger partial charge in [-0.1, -0.05) is 117 Å². The maximum atomic E-state index is 2.45. The van der Waals surface area contributed by atoms with Crippen LogP contribution in [-0.2, 0) is 5.41 Å². The van der Waals surface area contributed by atoms with E-state index >= 15 is 0 Å². The second-order valence-corrected chi connectivity index (χ2v) is 16.3. The summed E-state index contributed by atoms with van der Waals surface area (Å²) in [5, 5.41) is 4.93. The van der Waals surface area contributed by atoms with Crippen LogP contribution in [0.3, 0.4) is 0 Å². The topological polar surface area (TPSA) is 11.4 Å². The van der Waals surface area contributed by atoms with Crippen molar-refractivity contribution in [3.8, 4) is 27.9 Å². The Bertz CT molecular complexity index is 3280. The summed E-state index contributed by atoms with van der Waals surface area (Å²) in [7, 11) is 0. The van der Waals surface area contributed by atoms with Gasteiger partial charge in [0.1, 0.15) is 0 Å². The molecule has 0 spiro atoms. The van der Waals surface area contributed by atoms with Gasteiger partial charge in [-0.2, -0.15) is 0 Å². The standard InChI is InChI=1S/C55H39N3/c1-55(2)51-27-24-44-33-48(51)49-34-45(25-28-52(49)55)57(46-26-29-54-50(35-46)47-20-8-9-21-53(47)58(54)40-16-4-3-5-17-40)42-19-11-15-39(32-42)38-14-10-18-41(31-38)56(44)43-23-22-36-12-6-7-13-37(36)30-43/h3-35H,1-2H3. The Hall–Kier alpha value is -7.36. The molecule has 0 radical (unpaired) electrons. The zero-order chi connectivity index (χ0) is 38.5. The number of benzene rings is 9. The molecule has 8 bridgehead atoms. The summed E-state index contributed by atoms with van der Waals surface area (Å²) in [5.41, 5.74) is 17.8. The summed E-state index contributed by atoms with van der Waals surface area (Å²) in [6.45, 7) is 4.74. The van der Waals surface area contributed by atoms with Crippen molar-refractivity contribution in [3.63, 3.8) is 0 Å². The summed E-state index contributed by atoms with van der Waals surface area (Å²) >= 11 is 0. The van der Waals surface area contributed by atoms with Gasteiger partial charge in [0, 0.05) is 56.0 Å². The van der Waals surface area contributed by atoms with Crippen molar-refractivity contribution in [2.45, 2.75) is 19.3 Å². The van der Waals surface area contributed by atoms with Crippen molar-refractivity contribution in [1.82, 2.24) is 4.57 Å². The lowest BCUT2D eigenvalue weighted by Crippen LogP contribution is -2.16. The molecular weight excluding hydrogens is 703 g/mol. The number of anilines is 6. The quantitative estimate of drug-likeness (QED) is 0.179. The zero-order valence-electron chi connectivity index (χ0n) is 32.4. The Morgan fingerprint density at radius 2 is 0.828 bits per heavy atom. The highest BCUT2D eigenvalue weighted by molar-refractivity contribution is 6.11. The van der Waals surface area contributed by atoms with Crippen molar-refractivity contribution in [1.29, 1.82) is 0 Å². The Morgan fingerprint density at radius 3 is 1.52 bits per heavy atom. The molecule has 58 heavy (non-hydrogen) atoms. The average molecular weight is 742 g/mol. The van der Waals surface area contributed by atoms with Gasteiger partial charge in [-0.15, -0.1) is 0 Å². The number of aromatic nitrogens is 1. The first-order valence-corrected chi connectivity index (χ1v) is 20.2. The highest BCUT2D eigenvalue weighted by Gasteiger charge is 2.37. The van der Waals surface area contributed by atoms with Crippen LogP contribution in [0.15, 0.2) is 200 Å². The molecule has 0 atom stereocenters. The zero-order valence-corrected chi connectivity index (χ0v) is 32.4. The molecule has 0 unspecified atom stereocenters. The molecule has 3 nitrogen and oxygen atoms in total. The van der Waals surface area contributed by atoms with Gasteiger partial charge in [-0.05, 0) is 141 Å². The largest absolute Gasteiger partial charge is 0.310 e. The molecule has 10 aromatic rings. The van der Waals surface area contributed by atoms with Crippen LogP contribution < -0.4 is 9.80 Å². The molecule has 0 fully saturated rings. The third-order valence-electron chi connectivity index (χ3n) is 12.6. The first kappa shape index (κ1) is 32.8. The molecule has 274 valence electrons. The molecular formula is C55H39N3. The van der Waals surface area contributed by atoms with E-state index in [1.807, 2.05) is 0 Å². The third kappa shape index (κ3) is 4.86. The minimum atomic E-state index is -0.147. The van der Waals surface area contributed by atoms with E-state index in [0.717, 1.165) is 39.8 Å². The van der Waals surface area contributed by atoms with Crippen LogP contribution in [0.25, 0.3) is 60.5 Å². The molecule has 9 aromatic carbocycles. The number of para-hydroxylation sites is 2. The fourth-order valence-corrected chi connectivity index (χ4v) is 9.84. The van der Waals surface area contributed by atoms with E-state index in [2.05, 4.69) is 228 Å². The average Bonchev–Trinajstić information content (AvgIpc) is 3.71. The van der Waals surface area contributed by atoms with E-state index in [4.69, 9.17) is 0 Å². The van der Waals surface area contributed by atoms with Crippen LogP contribution >= 0.6 is 0 Å². The van der Waals surface area contributed by atoms with Crippen molar-refractivity contribution in [2.24, 2.45) is 0 Å². The number of hydrogen-bond donors (Lipinski definition) is 0. The molecule has 3 heteroatoms. The van der Waals surface area contributed by atoms with E-state index in [0.29, 0.717) is 0 Å². The van der Waals surface area contributed by atoms with E-state index in [9.17, 15) is 0 Å². The molecule has 1 aromatic heterocycles. The Balaban J connectivity index is 1.11. The maximum Gasteiger partial charge on any atom is 0.0542 e. The summed E-state index contributed by atoms with van der Waals surface area (Å²) < 4.78 is 2.39. The van der Waals surface area contributed by atoms with E-state index in [1.165, 1.54) is 66.0 Å². The lowest BCUT2D eigenvalue weighted by Gasteiger charge is -2.28. The molecule has 2 aliphatic rings. The van der Waals surface area contributed by atoms with Gasteiger partial charge in [-0.3, -0.25) is 0 Å². The van der Waals surface area contributed by atoms with Gasteiger partial charge in [-0.25, -0.2) is 0 Å².